The monoisotopic (exact) mass is 263 g/mol. The molecule has 1 aliphatic carbocycles. The third-order valence-corrected chi connectivity index (χ3v) is 3.86. The smallest absolute Gasteiger partial charge is 0.334 e. The Labute approximate surface area is 111 Å². The number of hydrogen-bond donors (Lipinski definition) is 1. The van der Waals surface area contributed by atoms with Crippen LogP contribution in [0.2, 0.25) is 0 Å². The number of anilines is 1. The van der Waals surface area contributed by atoms with Gasteiger partial charge in [0.25, 0.3) is 0 Å². The predicted molar refractivity (Wildman–Crippen MR) is 68.2 cm³/mol. The molecule has 6 nitrogen and oxygen atoms in total. The molecule has 0 spiro atoms. The Kier molecular flexibility index (Phi) is 3.33. The van der Waals surface area contributed by atoms with Gasteiger partial charge in [-0.05, 0) is 24.3 Å². The second-order valence-corrected chi connectivity index (χ2v) is 5.09. The van der Waals surface area contributed by atoms with E-state index in [1.165, 1.54) is 24.8 Å². The van der Waals surface area contributed by atoms with Gasteiger partial charge < -0.3 is 14.7 Å². The van der Waals surface area contributed by atoms with E-state index < -0.39 is 12.1 Å². The van der Waals surface area contributed by atoms with Crippen LogP contribution in [0.5, 0.6) is 0 Å². The molecule has 1 unspecified atom stereocenters. The Bertz CT molecular complexity index is 459. The first-order valence-electron chi connectivity index (χ1n) is 6.65. The fraction of sp³-hybridized carbons (Fsp3) is 0.615. The van der Waals surface area contributed by atoms with E-state index in [4.69, 9.17) is 9.84 Å². The maximum Gasteiger partial charge on any atom is 0.334 e. The van der Waals surface area contributed by atoms with Crippen LogP contribution in [0, 0.1) is 0 Å². The Morgan fingerprint density at radius 2 is 2.11 bits per heavy atom. The van der Waals surface area contributed by atoms with Crippen LogP contribution in [0.15, 0.2) is 12.4 Å². The zero-order valence-electron chi connectivity index (χ0n) is 10.7. The van der Waals surface area contributed by atoms with Crippen LogP contribution in [0.1, 0.15) is 30.7 Å². The minimum absolute atomic E-state index is 0.304. The van der Waals surface area contributed by atoms with E-state index in [2.05, 4.69) is 9.97 Å². The average Bonchev–Trinajstić information content (AvgIpc) is 2.38. The highest BCUT2D eigenvalue weighted by Crippen LogP contribution is 2.35. The first kappa shape index (κ1) is 12.3. The lowest BCUT2D eigenvalue weighted by molar-refractivity contribution is -0.150. The quantitative estimate of drug-likeness (QED) is 0.878. The van der Waals surface area contributed by atoms with Crippen LogP contribution in [0.4, 0.5) is 5.95 Å². The number of ether oxygens (including phenoxy) is 1. The highest BCUT2D eigenvalue weighted by molar-refractivity contribution is 5.73. The maximum atomic E-state index is 10.9. The standard InChI is InChI=1S/C13H17N3O3/c17-12(18)11-8-16(4-5-19-11)13-14-6-10(7-15-13)9-2-1-3-9/h6-7,9,11H,1-5,8H2,(H,17,18). The molecule has 1 N–H and O–H groups in total. The molecule has 0 radical (unpaired) electrons. The Morgan fingerprint density at radius 1 is 1.37 bits per heavy atom. The Balaban J connectivity index is 1.69. The summed E-state index contributed by atoms with van der Waals surface area (Å²) in [6.45, 7) is 1.33. The third-order valence-electron chi connectivity index (χ3n) is 3.86. The first-order valence-corrected chi connectivity index (χ1v) is 6.65. The normalized spacial score (nSPS) is 24.0. The topological polar surface area (TPSA) is 75.5 Å². The summed E-state index contributed by atoms with van der Waals surface area (Å²) in [5.74, 6) is 0.277. The number of carboxylic acid groups (broad SMARTS) is 1. The summed E-state index contributed by atoms with van der Waals surface area (Å²) in [5.41, 5.74) is 1.19. The molecule has 1 atom stereocenters. The molecular weight excluding hydrogens is 246 g/mol. The average molecular weight is 263 g/mol. The van der Waals surface area contributed by atoms with Crippen LogP contribution in [0.3, 0.4) is 0 Å². The van der Waals surface area contributed by atoms with Crippen molar-refractivity contribution in [1.82, 2.24) is 9.97 Å². The van der Waals surface area contributed by atoms with Crippen LogP contribution in [0.25, 0.3) is 0 Å². The second-order valence-electron chi connectivity index (χ2n) is 5.09. The molecule has 2 aliphatic rings. The van der Waals surface area contributed by atoms with E-state index in [0.29, 0.717) is 31.6 Å². The van der Waals surface area contributed by atoms with Crippen molar-refractivity contribution in [2.75, 3.05) is 24.6 Å². The van der Waals surface area contributed by atoms with Gasteiger partial charge in [0.1, 0.15) is 0 Å². The number of carboxylic acids is 1. The van der Waals surface area contributed by atoms with Gasteiger partial charge in [0.05, 0.1) is 13.2 Å². The van der Waals surface area contributed by atoms with Crippen LogP contribution in [-0.4, -0.2) is 46.8 Å². The lowest BCUT2D eigenvalue weighted by Crippen LogP contribution is -2.46. The number of carbonyl (C=O) groups is 1. The molecule has 2 heterocycles. The lowest BCUT2D eigenvalue weighted by atomic mass is 9.81. The van der Waals surface area contributed by atoms with Crippen LogP contribution < -0.4 is 4.90 Å². The summed E-state index contributed by atoms with van der Waals surface area (Å²) in [6.07, 6.45) is 6.69. The van der Waals surface area contributed by atoms with Crippen molar-refractivity contribution < 1.29 is 14.6 Å². The molecule has 1 aliphatic heterocycles. The zero-order chi connectivity index (χ0) is 13.2. The lowest BCUT2D eigenvalue weighted by Gasteiger charge is -2.31. The molecule has 0 aromatic carbocycles. The van der Waals surface area contributed by atoms with Crippen molar-refractivity contribution in [3.8, 4) is 0 Å². The maximum absolute atomic E-state index is 10.9. The van der Waals surface area contributed by atoms with Gasteiger partial charge in [-0.1, -0.05) is 6.42 Å². The van der Waals surface area contributed by atoms with Gasteiger partial charge in [-0.15, -0.1) is 0 Å². The van der Waals surface area contributed by atoms with Gasteiger partial charge >= 0.3 is 5.97 Å². The summed E-state index contributed by atoms with van der Waals surface area (Å²) in [6, 6.07) is 0. The van der Waals surface area contributed by atoms with Gasteiger partial charge in [0.15, 0.2) is 6.10 Å². The van der Waals surface area contributed by atoms with E-state index >= 15 is 0 Å². The van der Waals surface area contributed by atoms with Crippen molar-refractivity contribution in [3.05, 3.63) is 18.0 Å². The molecule has 0 bridgehead atoms. The first-order chi connectivity index (χ1) is 9.24. The summed E-state index contributed by atoms with van der Waals surface area (Å²) in [7, 11) is 0. The third kappa shape index (κ3) is 2.53. The van der Waals surface area contributed by atoms with E-state index in [9.17, 15) is 4.79 Å². The van der Waals surface area contributed by atoms with Crippen molar-refractivity contribution in [3.63, 3.8) is 0 Å². The fourth-order valence-corrected chi connectivity index (χ4v) is 2.43. The van der Waals surface area contributed by atoms with E-state index in [1.54, 1.807) is 0 Å². The summed E-state index contributed by atoms with van der Waals surface area (Å²) < 4.78 is 5.18. The van der Waals surface area contributed by atoms with E-state index in [0.717, 1.165) is 0 Å². The van der Waals surface area contributed by atoms with Gasteiger partial charge in [-0.3, -0.25) is 0 Å². The molecule has 1 saturated heterocycles. The van der Waals surface area contributed by atoms with Crippen molar-refractivity contribution in [1.29, 1.82) is 0 Å². The molecule has 19 heavy (non-hydrogen) atoms. The molecule has 6 heteroatoms. The summed E-state index contributed by atoms with van der Waals surface area (Å²) >= 11 is 0. The molecular formula is C13H17N3O3. The largest absolute Gasteiger partial charge is 0.479 e. The zero-order valence-corrected chi connectivity index (χ0v) is 10.7. The van der Waals surface area contributed by atoms with Crippen LogP contribution >= 0.6 is 0 Å². The van der Waals surface area contributed by atoms with Gasteiger partial charge in [0.2, 0.25) is 5.95 Å². The number of aromatic nitrogens is 2. The Morgan fingerprint density at radius 3 is 2.68 bits per heavy atom. The number of hydrogen-bond acceptors (Lipinski definition) is 5. The molecule has 102 valence electrons. The SMILES string of the molecule is O=C(O)C1CN(c2ncc(C3CCC3)cn2)CCO1. The molecule has 1 saturated carbocycles. The molecule has 0 amide bonds. The second kappa shape index (κ2) is 5.13. The van der Waals surface area contributed by atoms with Gasteiger partial charge in [-0.25, -0.2) is 14.8 Å². The molecule has 1 aromatic rings. The minimum Gasteiger partial charge on any atom is -0.479 e. The molecule has 3 rings (SSSR count). The summed E-state index contributed by atoms with van der Waals surface area (Å²) in [4.78, 5) is 21.5. The van der Waals surface area contributed by atoms with Crippen LogP contribution in [-0.2, 0) is 9.53 Å². The van der Waals surface area contributed by atoms with Gasteiger partial charge in [0, 0.05) is 18.9 Å². The number of morpholine rings is 1. The molecule has 1 aromatic heterocycles. The predicted octanol–water partition coefficient (Wildman–Crippen LogP) is 1.03. The van der Waals surface area contributed by atoms with Gasteiger partial charge in [-0.2, -0.15) is 0 Å². The number of aliphatic carboxylic acids is 1. The Hall–Kier alpha value is -1.69. The highest BCUT2D eigenvalue weighted by atomic mass is 16.5. The fourth-order valence-electron chi connectivity index (χ4n) is 2.43. The van der Waals surface area contributed by atoms with E-state index in [1.807, 2.05) is 17.3 Å². The van der Waals surface area contributed by atoms with E-state index in [-0.39, 0.29) is 0 Å². The van der Waals surface area contributed by atoms with Crippen molar-refractivity contribution in [2.45, 2.75) is 31.3 Å². The number of nitrogens with zero attached hydrogens (tertiary/aromatic N) is 3. The minimum atomic E-state index is -0.934. The summed E-state index contributed by atoms with van der Waals surface area (Å²) in [5, 5.41) is 8.97. The highest BCUT2D eigenvalue weighted by Gasteiger charge is 2.28. The van der Waals surface area contributed by atoms with Crippen molar-refractivity contribution in [2.24, 2.45) is 0 Å². The molecule has 2 fully saturated rings. The van der Waals surface area contributed by atoms with Crippen molar-refractivity contribution >= 4 is 11.9 Å². The number of rotatable bonds is 3.